The van der Waals surface area contributed by atoms with Gasteiger partial charge >= 0.3 is 12.1 Å². The van der Waals surface area contributed by atoms with Crippen LogP contribution in [0.5, 0.6) is 0 Å². The molecule has 0 radical (unpaired) electrons. The van der Waals surface area contributed by atoms with Crippen molar-refractivity contribution < 1.29 is 23.9 Å². The van der Waals surface area contributed by atoms with Gasteiger partial charge in [-0.25, -0.2) is 9.59 Å². The van der Waals surface area contributed by atoms with Crippen molar-refractivity contribution in [2.45, 2.75) is 53.2 Å². The topological polar surface area (TPSA) is 93.7 Å². The van der Waals surface area contributed by atoms with E-state index in [2.05, 4.69) is 15.4 Å². The summed E-state index contributed by atoms with van der Waals surface area (Å²) >= 11 is 0. The van der Waals surface area contributed by atoms with E-state index in [0.29, 0.717) is 0 Å². The Balaban J connectivity index is 4.92. The first-order chi connectivity index (χ1) is 10.0. The molecule has 0 aliphatic carbocycles. The van der Waals surface area contributed by atoms with Gasteiger partial charge in [0.1, 0.15) is 17.3 Å². The van der Waals surface area contributed by atoms with E-state index in [1.807, 2.05) is 0 Å². The minimum absolute atomic E-state index is 0.0177. The number of nitrogens with one attached hydrogen (secondary N) is 2. The maximum absolute atomic E-state index is 12.2. The van der Waals surface area contributed by atoms with Crippen LogP contribution in [0.25, 0.3) is 0 Å². The van der Waals surface area contributed by atoms with E-state index in [-0.39, 0.29) is 11.6 Å². The summed E-state index contributed by atoms with van der Waals surface area (Å²) in [5.41, 5.74) is -0.646. The predicted octanol–water partition coefficient (Wildman–Crippen LogP) is 1.73. The molecule has 0 aromatic heterocycles. The number of alkyl carbamates (subject to hydrolysis) is 1. The molecule has 126 valence electrons. The number of methoxy groups -OCH3 is 1. The van der Waals surface area contributed by atoms with Crippen molar-refractivity contribution in [2.75, 3.05) is 7.11 Å². The molecule has 0 fully saturated rings. The quantitative estimate of drug-likeness (QED) is 0.595. The number of rotatable bonds is 5. The summed E-state index contributed by atoms with van der Waals surface area (Å²) in [5.74, 6) is -1.36. The van der Waals surface area contributed by atoms with Crippen LogP contribution in [-0.4, -0.2) is 36.7 Å². The largest absolute Gasteiger partial charge is 0.464 e. The SMILES string of the molecule is C/C=C(/NC(=O)[C@@H](NC(=O)OC(C)(C)C)C(C)C)C(=O)OC. The fraction of sp³-hybridized carbons (Fsp3) is 0.667. The third-order valence-corrected chi connectivity index (χ3v) is 2.57. The van der Waals surface area contributed by atoms with Crippen molar-refractivity contribution in [2.24, 2.45) is 5.92 Å². The molecule has 0 unspecified atom stereocenters. The third-order valence-electron chi connectivity index (χ3n) is 2.57. The summed E-state index contributed by atoms with van der Waals surface area (Å²) in [6.45, 7) is 10.3. The lowest BCUT2D eigenvalue weighted by molar-refractivity contribution is -0.138. The Kier molecular flexibility index (Phi) is 7.62. The van der Waals surface area contributed by atoms with E-state index in [4.69, 9.17) is 4.74 Å². The Bertz CT molecular complexity index is 449. The highest BCUT2D eigenvalue weighted by atomic mass is 16.6. The van der Waals surface area contributed by atoms with E-state index >= 15 is 0 Å². The van der Waals surface area contributed by atoms with Crippen LogP contribution in [0.1, 0.15) is 41.5 Å². The Morgan fingerprint density at radius 2 is 1.68 bits per heavy atom. The summed E-state index contributed by atoms with van der Waals surface area (Å²) in [4.78, 5) is 35.5. The van der Waals surface area contributed by atoms with Crippen molar-refractivity contribution in [3.8, 4) is 0 Å². The Morgan fingerprint density at radius 3 is 2.05 bits per heavy atom. The lowest BCUT2D eigenvalue weighted by atomic mass is 10.0. The number of amides is 2. The van der Waals surface area contributed by atoms with Gasteiger partial charge in [-0.2, -0.15) is 0 Å². The van der Waals surface area contributed by atoms with E-state index in [1.54, 1.807) is 41.5 Å². The van der Waals surface area contributed by atoms with E-state index in [9.17, 15) is 14.4 Å². The summed E-state index contributed by atoms with van der Waals surface area (Å²) in [5, 5.41) is 4.95. The summed E-state index contributed by atoms with van der Waals surface area (Å²) in [6, 6.07) is -0.838. The van der Waals surface area contributed by atoms with Gasteiger partial charge in [-0.05, 0) is 33.6 Å². The zero-order chi connectivity index (χ0) is 17.5. The number of carbonyl (C=O) groups is 3. The number of esters is 1. The minimum Gasteiger partial charge on any atom is -0.464 e. The number of hydrogen-bond donors (Lipinski definition) is 2. The van der Waals surface area contributed by atoms with Gasteiger partial charge < -0.3 is 20.1 Å². The average Bonchev–Trinajstić information content (AvgIpc) is 2.38. The standard InChI is InChI=1S/C15H26N2O5/c1-8-10(13(19)21-7)16-12(18)11(9(2)3)17-14(20)22-15(4,5)6/h8-9,11H,1-7H3,(H,16,18)(H,17,20)/b10-8+/t11-/m0/s1. The smallest absolute Gasteiger partial charge is 0.408 e. The maximum Gasteiger partial charge on any atom is 0.408 e. The van der Waals surface area contributed by atoms with Crippen LogP contribution in [0, 0.1) is 5.92 Å². The van der Waals surface area contributed by atoms with E-state index in [1.165, 1.54) is 13.2 Å². The lowest BCUT2D eigenvalue weighted by Gasteiger charge is -2.25. The van der Waals surface area contributed by atoms with Gasteiger partial charge in [0.05, 0.1) is 7.11 Å². The van der Waals surface area contributed by atoms with Gasteiger partial charge in [0.2, 0.25) is 5.91 Å². The number of carbonyl (C=O) groups excluding carboxylic acids is 3. The van der Waals surface area contributed by atoms with Crippen LogP contribution in [0.15, 0.2) is 11.8 Å². The molecule has 0 aromatic rings. The maximum atomic E-state index is 12.2. The van der Waals surface area contributed by atoms with Crippen LogP contribution in [-0.2, 0) is 19.1 Å². The van der Waals surface area contributed by atoms with Gasteiger partial charge in [0, 0.05) is 0 Å². The van der Waals surface area contributed by atoms with Gasteiger partial charge in [0.25, 0.3) is 0 Å². The fourth-order valence-electron chi connectivity index (χ4n) is 1.53. The first-order valence-corrected chi connectivity index (χ1v) is 7.06. The predicted molar refractivity (Wildman–Crippen MR) is 81.9 cm³/mol. The van der Waals surface area contributed by atoms with Crippen LogP contribution in [0.2, 0.25) is 0 Å². The zero-order valence-electron chi connectivity index (χ0n) is 14.3. The first kappa shape index (κ1) is 19.9. The molecule has 0 aromatic carbocycles. The molecule has 0 aliphatic heterocycles. The summed E-state index contributed by atoms with van der Waals surface area (Å²) < 4.78 is 9.69. The molecule has 0 heterocycles. The van der Waals surface area contributed by atoms with Gasteiger partial charge in [0.15, 0.2) is 0 Å². The zero-order valence-corrected chi connectivity index (χ0v) is 14.3. The monoisotopic (exact) mass is 314 g/mol. The highest BCUT2D eigenvalue weighted by Crippen LogP contribution is 2.09. The van der Waals surface area contributed by atoms with Gasteiger partial charge in [-0.1, -0.05) is 19.9 Å². The van der Waals surface area contributed by atoms with Crippen LogP contribution in [0.3, 0.4) is 0 Å². The molecule has 0 spiro atoms. The molecular formula is C15H26N2O5. The Morgan fingerprint density at radius 1 is 1.14 bits per heavy atom. The Labute approximate surface area is 131 Å². The van der Waals surface area contributed by atoms with Crippen LogP contribution in [0.4, 0.5) is 4.79 Å². The van der Waals surface area contributed by atoms with Gasteiger partial charge in [-0.3, -0.25) is 4.79 Å². The van der Waals surface area contributed by atoms with Crippen molar-refractivity contribution in [3.05, 3.63) is 11.8 Å². The molecule has 2 amide bonds. The Hall–Kier alpha value is -2.05. The normalized spacial score (nSPS) is 13.4. The first-order valence-electron chi connectivity index (χ1n) is 7.06. The molecule has 22 heavy (non-hydrogen) atoms. The average molecular weight is 314 g/mol. The minimum atomic E-state index is -0.838. The van der Waals surface area contributed by atoms with Gasteiger partial charge in [-0.15, -0.1) is 0 Å². The number of hydrogen-bond acceptors (Lipinski definition) is 5. The van der Waals surface area contributed by atoms with Crippen LogP contribution >= 0.6 is 0 Å². The second-order valence-electron chi connectivity index (χ2n) is 6.05. The third kappa shape index (κ3) is 7.10. The number of allylic oxidation sites excluding steroid dienone is 1. The lowest BCUT2D eigenvalue weighted by Crippen LogP contribution is -2.51. The number of ether oxygens (including phenoxy) is 2. The van der Waals surface area contributed by atoms with Crippen molar-refractivity contribution in [1.29, 1.82) is 0 Å². The fourth-order valence-corrected chi connectivity index (χ4v) is 1.53. The molecule has 0 aliphatic rings. The second-order valence-corrected chi connectivity index (χ2v) is 6.05. The van der Waals surface area contributed by atoms with Crippen molar-refractivity contribution in [1.82, 2.24) is 10.6 Å². The molecule has 7 heteroatoms. The summed E-state index contributed by atoms with van der Waals surface area (Å²) in [6.07, 6.45) is 0.732. The summed E-state index contributed by atoms with van der Waals surface area (Å²) in [7, 11) is 1.22. The van der Waals surface area contributed by atoms with E-state index in [0.717, 1.165) is 0 Å². The van der Waals surface area contributed by atoms with E-state index < -0.39 is 29.6 Å². The highest BCUT2D eigenvalue weighted by Gasteiger charge is 2.28. The van der Waals surface area contributed by atoms with Crippen LogP contribution < -0.4 is 10.6 Å². The molecule has 0 saturated carbocycles. The molecule has 0 bridgehead atoms. The molecule has 0 rings (SSSR count). The second kappa shape index (κ2) is 8.41. The molecule has 1 atom stereocenters. The van der Waals surface area contributed by atoms with Crippen molar-refractivity contribution >= 4 is 18.0 Å². The molecule has 7 nitrogen and oxygen atoms in total. The highest BCUT2D eigenvalue weighted by molar-refractivity contribution is 5.96. The molecule has 0 saturated heterocycles. The van der Waals surface area contributed by atoms with Crippen molar-refractivity contribution in [3.63, 3.8) is 0 Å². The molecule has 2 N–H and O–H groups in total. The molecular weight excluding hydrogens is 288 g/mol.